The van der Waals surface area contributed by atoms with Crippen LogP contribution in [0.2, 0.25) is 0 Å². The molecule has 0 aromatic carbocycles. The molecule has 0 amide bonds. The number of hydrogen-bond acceptors (Lipinski definition) is 5. The molecule has 0 spiro atoms. The van der Waals surface area contributed by atoms with E-state index in [9.17, 15) is 4.79 Å². The van der Waals surface area contributed by atoms with Gasteiger partial charge >= 0.3 is 5.97 Å². The number of hydrogen-bond donors (Lipinski definition) is 2. The molecule has 1 aliphatic carbocycles. The molecule has 1 aromatic rings. The zero-order valence-corrected chi connectivity index (χ0v) is 10.5. The van der Waals surface area contributed by atoms with E-state index in [0.29, 0.717) is 23.1 Å². The zero-order chi connectivity index (χ0) is 12.4. The van der Waals surface area contributed by atoms with Crippen LogP contribution in [0.3, 0.4) is 0 Å². The second-order valence-electron chi connectivity index (χ2n) is 4.24. The third-order valence-electron chi connectivity index (χ3n) is 2.89. The number of anilines is 1. The van der Waals surface area contributed by atoms with Crippen molar-refractivity contribution in [1.82, 2.24) is 14.8 Å². The lowest BCUT2D eigenvalue weighted by molar-refractivity contribution is -0.133. The summed E-state index contributed by atoms with van der Waals surface area (Å²) in [7, 11) is 0. The first-order valence-electron chi connectivity index (χ1n) is 5.68. The van der Waals surface area contributed by atoms with E-state index in [0.717, 1.165) is 12.8 Å². The minimum atomic E-state index is -0.857. The second kappa shape index (κ2) is 4.95. The third kappa shape index (κ3) is 2.71. The quantitative estimate of drug-likeness (QED) is 0.747. The highest BCUT2D eigenvalue weighted by molar-refractivity contribution is 7.99. The summed E-state index contributed by atoms with van der Waals surface area (Å²) in [5, 5.41) is 17.0. The lowest BCUT2D eigenvalue weighted by Crippen LogP contribution is -2.06. The smallest absolute Gasteiger partial charge is 0.313 e. The molecule has 2 unspecified atom stereocenters. The van der Waals surface area contributed by atoms with Gasteiger partial charge in [-0.2, -0.15) is 0 Å². The van der Waals surface area contributed by atoms with Gasteiger partial charge < -0.3 is 10.8 Å². The van der Waals surface area contributed by atoms with Crippen molar-refractivity contribution in [2.45, 2.75) is 37.4 Å². The van der Waals surface area contributed by atoms with E-state index in [1.165, 1.54) is 18.2 Å². The van der Waals surface area contributed by atoms with E-state index in [1.54, 1.807) is 0 Å². The summed E-state index contributed by atoms with van der Waals surface area (Å²) in [6.07, 6.45) is 3.42. The zero-order valence-electron chi connectivity index (χ0n) is 9.67. The highest BCUT2D eigenvalue weighted by Gasteiger charge is 2.40. The van der Waals surface area contributed by atoms with Crippen LogP contribution < -0.4 is 5.73 Å². The summed E-state index contributed by atoms with van der Waals surface area (Å²) >= 11 is 1.17. The molecule has 3 N–H and O–H groups in total. The fraction of sp³-hybridized carbons (Fsp3) is 0.700. The number of thioether (sulfide) groups is 1. The molecule has 1 saturated carbocycles. The molecular weight excluding hydrogens is 240 g/mol. The van der Waals surface area contributed by atoms with Gasteiger partial charge in [-0.15, -0.1) is 10.2 Å². The number of carboxylic acids is 1. The number of nitrogens with zero attached hydrogens (tertiary/aromatic N) is 3. The van der Waals surface area contributed by atoms with Crippen molar-refractivity contribution in [3.05, 3.63) is 0 Å². The maximum Gasteiger partial charge on any atom is 0.313 e. The molecular formula is C10H16N4O2S. The first kappa shape index (κ1) is 12.2. The van der Waals surface area contributed by atoms with Crippen molar-refractivity contribution in [3.8, 4) is 0 Å². The number of nitrogen functional groups attached to an aromatic ring is 1. The van der Waals surface area contributed by atoms with Crippen LogP contribution in [0.15, 0.2) is 5.16 Å². The maximum absolute atomic E-state index is 10.5. The van der Waals surface area contributed by atoms with Gasteiger partial charge in [0, 0.05) is 6.04 Å². The van der Waals surface area contributed by atoms with Gasteiger partial charge in [-0.05, 0) is 18.8 Å². The van der Waals surface area contributed by atoms with Crippen molar-refractivity contribution >= 4 is 23.7 Å². The molecule has 0 radical (unpaired) electrons. The van der Waals surface area contributed by atoms with Crippen molar-refractivity contribution in [2.75, 3.05) is 11.5 Å². The van der Waals surface area contributed by atoms with Crippen LogP contribution in [-0.4, -0.2) is 31.6 Å². The van der Waals surface area contributed by atoms with Gasteiger partial charge in [0.15, 0.2) is 5.16 Å². The maximum atomic E-state index is 10.5. The van der Waals surface area contributed by atoms with Crippen molar-refractivity contribution in [2.24, 2.45) is 5.92 Å². The summed E-state index contributed by atoms with van der Waals surface area (Å²) in [4.78, 5) is 10.5. The molecule has 6 nitrogen and oxygen atoms in total. The van der Waals surface area contributed by atoms with E-state index in [4.69, 9.17) is 10.8 Å². The molecule has 1 fully saturated rings. The molecule has 2 atom stereocenters. The second-order valence-corrected chi connectivity index (χ2v) is 5.19. The van der Waals surface area contributed by atoms with E-state index in [-0.39, 0.29) is 5.75 Å². The minimum Gasteiger partial charge on any atom is -0.481 e. The number of aliphatic carboxylic acids is 1. The number of carbonyl (C=O) groups is 1. The lowest BCUT2D eigenvalue weighted by atomic mass is 10.2. The van der Waals surface area contributed by atoms with Gasteiger partial charge in [0.25, 0.3) is 0 Å². The summed E-state index contributed by atoms with van der Waals surface area (Å²) < 4.78 is 1.88. The molecule has 1 heterocycles. The number of carboxylic acid groups (broad SMARTS) is 1. The summed E-state index contributed by atoms with van der Waals surface area (Å²) in [5.74, 6) is 0.163. The molecule has 1 aromatic heterocycles. The molecule has 2 rings (SSSR count). The Labute approximate surface area is 104 Å². The average Bonchev–Trinajstić information content (AvgIpc) is 2.91. The van der Waals surface area contributed by atoms with Crippen LogP contribution >= 0.6 is 11.8 Å². The molecule has 0 aliphatic heterocycles. The van der Waals surface area contributed by atoms with Crippen LogP contribution in [0.1, 0.15) is 32.2 Å². The van der Waals surface area contributed by atoms with Gasteiger partial charge in [-0.3, -0.25) is 9.36 Å². The van der Waals surface area contributed by atoms with Crippen LogP contribution in [0.25, 0.3) is 0 Å². The fourth-order valence-corrected chi connectivity index (χ4v) is 2.77. The Hall–Kier alpha value is -1.24. The largest absolute Gasteiger partial charge is 0.481 e. The first-order valence-corrected chi connectivity index (χ1v) is 6.67. The van der Waals surface area contributed by atoms with E-state index < -0.39 is 5.97 Å². The summed E-state index contributed by atoms with van der Waals surface area (Å²) in [5.41, 5.74) is 5.78. The predicted octanol–water partition coefficient (Wildman–Crippen LogP) is 1.40. The monoisotopic (exact) mass is 256 g/mol. The Morgan fingerprint density at radius 3 is 3.06 bits per heavy atom. The highest BCUT2D eigenvalue weighted by atomic mass is 32.2. The van der Waals surface area contributed by atoms with Crippen LogP contribution in [-0.2, 0) is 4.79 Å². The van der Waals surface area contributed by atoms with Gasteiger partial charge in [0.2, 0.25) is 5.95 Å². The average molecular weight is 256 g/mol. The molecule has 17 heavy (non-hydrogen) atoms. The Morgan fingerprint density at radius 1 is 1.65 bits per heavy atom. The Bertz CT molecular complexity index is 420. The van der Waals surface area contributed by atoms with Crippen molar-refractivity contribution < 1.29 is 9.90 Å². The van der Waals surface area contributed by atoms with Gasteiger partial charge in [-0.25, -0.2) is 0 Å². The van der Waals surface area contributed by atoms with Gasteiger partial charge in [0.1, 0.15) is 0 Å². The molecule has 1 aliphatic rings. The molecule has 0 bridgehead atoms. The van der Waals surface area contributed by atoms with Gasteiger partial charge in [0.05, 0.1) is 5.75 Å². The topological polar surface area (TPSA) is 94.0 Å². The minimum absolute atomic E-state index is 0.0106. The van der Waals surface area contributed by atoms with E-state index >= 15 is 0 Å². The van der Waals surface area contributed by atoms with E-state index in [1.807, 2.05) is 4.57 Å². The summed E-state index contributed by atoms with van der Waals surface area (Å²) in [6, 6.07) is 0.362. The van der Waals surface area contributed by atoms with Crippen molar-refractivity contribution in [1.29, 1.82) is 0 Å². The molecule has 7 heteroatoms. The highest BCUT2D eigenvalue weighted by Crippen LogP contribution is 2.48. The first-order chi connectivity index (χ1) is 8.13. The summed E-state index contributed by atoms with van der Waals surface area (Å²) in [6.45, 7) is 2.16. The van der Waals surface area contributed by atoms with Crippen molar-refractivity contribution in [3.63, 3.8) is 0 Å². The number of nitrogens with two attached hydrogens (primary N) is 1. The van der Waals surface area contributed by atoms with E-state index in [2.05, 4.69) is 17.1 Å². The van der Waals surface area contributed by atoms with Crippen LogP contribution in [0.4, 0.5) is 5.95 Å². The van der Waals surface area contributed by atoms with Crippen LogP contribution in [0, 0.1) is 5.92 Å². The van der Waals surface area contributed by atoms with Crippen LogP contribution in [0.5, 0.6) is 0 Å². The Kier molecular flexibility index (Phi) is 3.56. The normalized spacial score (nSPS) is 22.6. The predicted molar refractivity (Wildman–Crippen MR) is 64.8 cm³/mol. The lowest BCUT2D eigenvalue weighted by Gasteiger charge is -2.06. The SMILES string of the molecule is CCCC1CC1n1c(N)nnc1SCC(=O)O. The number of aromatic nitrogens is 3. The molecule has 0 saturated heterocycles. The Morgan fingerprint density at radius 2 is 2.41 bits per heavy atom. The standard InChI is InChI=1S/C10H16N4O2S/c1-2-3-6-4-7(6)14-9(11)12-13-10(14)17-5-8(15)16/h6-7H,2-5H2,1H3,(H2,11,12)(H,15,16). The molecule has 94 valence electrons. The van der Waals surface area contributed by atoms with Gasteiger partial charge in [-0.1, -0.05) is 25.1 Å². The third-order valence-corrected chi connectivity index (χ3v) is 3.82. The fourth-order valence-electron chi connectivity index (χ4n) is 2.05. The Balaban J connectivity index is 2.06. The number of rotatable bonds is 6.